The lowest BCUT2D eigenvalue weighted by Crippen LogP contribution is -2.30. The molecule has 0 unspecified atom stereocenters. The van der Waals surface area contributed by atoms with Crippen LogP contribution in [-0.2, 0) is 0 Å². The van der Waals surface area contributed by atoms with Gasteiger partial charge in [0, 0.05) is 0 Å². The Morgan fingerprint density at radius 3 is 2.10 bits per heavy atom. The van der Waals surface area contributed by atoms with E-state index in [1.54, 1.807) is 0 Å². The molecule has 2 atom stereocenters. The summed E-state index contributed by atoms with van der Waals surface area (Å²) in [5.41, 5.74) is 7.37. The molecular formula is C19H21NO. The number of aliphatic hydroxyl groups is 1. The molecule has 0 aliphatic rings. The lowest BCUT2D eigenvalue weighted by molar-refractivity contribution is 0.0984. The number of nitrogens with two attached hydrogens (primary N) is 1. The normalized spacial score (nSPS) is 14.7. The van der Waals surface area contributed by atoms with Crippen LogP contribution in [0.4, 0.5) is 0 Å². The second kappa shape index (κ2) is 5.47. The zero-order valence-electron chi connectivity index (χ0n) is 12.5. The summed E-state index contributed by atoms with van der Waals surface area (Å²) >= 11 is 0. The largest absolute Gasteiger partial charge is 0.391 e. The average Bonchev–Trinajstić information content (AvgIpc) is 2.52. The minimum absolute atomic E-state index is 0.130. The molecule has 0 heterocycles. The van der Waals surface area contributed by atoms with Gasteiger partial charge in [-0.3, -0.25) is 0 Å². The fraction of sp³-hybridized carbons (Fsp3) is 0.263. The summed E-state index contributed by atoms with van der Waals surface area (Å²) < 4.78 is 0. The highest BCUT2D eigenvalue weighted by molar-refractivity contribution is 6.09. The van der Waals surface area contributed by atoms with Gasteiger partial charge < -0.3 is 10.8 Å². The highest BCUT2D eigenvalue weighted by atomic mass is 16.3. The third kappa shape index (κ3) is 2.41. The molecule has 2 nitrogen and oxygen atoms in total. The molecular weight excluding hydrogens is 258 g/mol. The first-order chi connectivity index (χ1) is 10.1. The van der Waals surface area contributed by atoms with Crippen LogP contribution in [0, 0.1) is 5.92 Å². The van der Waals surface area contributed by atoms with Crippen LogP contribution in [0.1, 0.15) is 25.5 Å². The van der Waals surface area contributed by atoms with E-state index in [1.165, 1.54) is 10.8 Å². The predicted octanol–water partition coefficient (Wildman–Crippen LogP) is 4.01. The van der Waals surface area contributed by atoms with Crippen molar-refractivity contribution >= 4 is 21.5 Å². The maximum Gasteiger partial charge on any atom is 0.0755 e. The Bertz CT molecular complexity index is 779. The maximum atomic E-state index is 10.4. The fourth-order valence-electron chi connectivity index (χ4n) is 2.96. The topological polar surface area (TPSA) is 46.2 Å². The van der Waals surface area contributed by atoms with Crippen molar-refractivity contribution < 1.29 is 5.11 Å². The molecule has 0 fully saturated rings. The molecule has 0 saturated carbocycles. The smallest absolute Gasteiger partial charge is 0.0755 e. The van der Waals surface area contributed by atoms with Crippen LogP contribution in [0.15, 0.2) is 54.6 Å². The second-order valence-corrected chi connectivity index (χ2v) is 5.99. The van der Waals surface area contributed by atoms with Gasteiger partial charge in [0.2, 0.25) is 0 Å². The van der Waals surface area contributed by atoms with Crippen molar-refractivity contribution in [3.63, 3.8) is 0 Å². The first-order valence-electron chi connectivity index (χ1n) is 7.43. The van der Waals surface area contributed by atoms with Crippen LogP contribution in [-0.4, -0.2) is 11.2 Å². The summed E-state index contributed by atoms with van der Waals surface area (Å²) in [4.78, 5) is 0. The summed E-state index contributed by atoms with van der Waals surface area (Å²) in [7, 11) is 0. The van der Waals surface area contributed by atoms with Crippen molar-refractivity contribution in [3.8, 4) is 0 Å². The summed E-state index contributed by atoms with van der Waals surface area (Å²) in [5.74, 6) is 0.130. The molecule has 3 aromatic rings. The summed E-state index contributed by atoms with van der Waals surface area (Å²) in [6.45, 7) is 3.99. The molecule has 0 aliphatic heterocycles. The second-order valence-electron chi connectivity index (χ2n) is 5.99. The van der Waals surface area contributed by atoms with Crippen molar-refractivity contribution in [2.24, 2.45) is 11.7 Å². The molecule has 0 aliphatic carbocycles. The van der Waals surface area contributed by atoms with Crippen molar-refractivity contribution in [1.82, 2.24) is 0 Å². The molecule has 3 N–H and O–H groups in total. The Morgan fingerprint density at radius 1 is 0.857 bits per heavy atom. The Balaban J connectivity index is 2.30. The number of hydrogen-bond acceptors (Lipinski definition) is 2. The van der Waals surface area contributed by atoms with E-state index < -0.39 is 6.10 Å². The first-order valence-corrected chi connectivity index (χ1v) is 7.43. The Labute approximate surface area is 125 Å². The van der Waals surface area contributed by atoms with Crippen molar-refractivity contribution in [2.75, 3.05) is 0 Å². The third-order valence-corrected chi connectivity index (χ3v) is 4.21. The van der Waals surface area contributed by atoms with Gasteiger partial charge in [0.15, 0.2) is 0 Å². The van der Waals surface area contributed by atoms with E-state index in [9.17, 15) is 5.11 Å². The molecule has 0 bridgehead atoms. The maximum absolute atomic E-state index is 10.4. The van der Waals surface area contributed by atoms with E-state index in [0.29, 0.717) is 0 Å². The Morgan fingerprint density at radius 2 is 1.43 bits per heavy atom. The zero-order chi connectivity index (χ0) is 15.0. The summed E-state index contributed by atoms with van der Waals surface area (Å²) in [5, 5.41) is 15.1. The van der Waals surface area contributed by atoms with Crippen LogP contribution in [0.3, 0.4) is 0 Å². The SMILES string of the molecule is CC(C)[C@@H](O)[C@@H](N)c1cc2ccccc2c2ccccc12. The van der Waals surface area contributed by atoms with Crippen LogP contribution < -0.4 is 5.73 Å². The number of benzene rings is 3. The number of aliphatic hydroxyl groups excluding tert-OH is 1. The van der Waals surface area contributed by atoms with E-state index >= 15 is 0 Å². The lowest BCUT2D eigenvalue weighted by Gasteiger charge is -2.24. The standard InChI is InChI=1S/C19H21NO/c1-12(2)19(21)18(20)17-11-13-7-3-4-8-14(13)15-9-5-6-10-16(15)17/h3-12,18-19,21H,20H2,1-2H3/t18-,19+/m0/s1. The molecule has 0 radical (unpaired) electrons. The van der Waals surface area contributed by atoms with Crippen molar-refractivity contribution in [1.29, 1.82) is 0 Å². The van der Waals surface area contributed by atoms with Crippen LogP contribution in [0.25, 0.3) is 21.5 Å². The first kappa shape index (κ1) is 14.1. The van der Waals surface area contributed by atoms with E-state index in [4.69, 9.17) is 5.73 Å². The minimum Gasteiger partial charge on any atom is -0.391 e. The van der Waals surface area contributed by atoms with Gasteiger partial charge in [0.05, 0.1) is 12.1 Å². The minimum atomic E-state index is -0.547. The third-order valence-electron chi connectivity index (χ3n) is 4.21. The van der Waals surface area contributed by atoms with Gasteiger partial charge in [-0.2, -0.15) is 0 Å². The van der Waals surface area contributed by atoms with Gasteiger partial charge in [-0.1, -0.05) is 62.4 Å². The molecule has 0 saturated heterocycles. The van der Waals surface area contributed by atoms with Crippen LogP contribution >= 0.6 is 0 Å². The number of hydrogen-bond donors (Lipinski definition) is 2. The average molecular weight is 279 g/mol. The van der Waals surface area contributed by atoms with Gasteiger partial charge in [0.1, 0.15) is 0 Å². The van der Waals surface area contributed by atoms with E-state index in [0.717, 1.165) is 16.3 Å². The summed E-state index contributed by atoms with van der Waals surface area (Å²) in [6, 6.07) is 18.3. The molecule has 3 rings (SSSR count). The van der Waals surface area contributed by atoms with Crippen LogP contribution in [0.2, 0.25) is 0 Å². The van der Waals surface area contributed by atoms with Crippen molar-refractivity contribution in [2.45, 2.75) is 26.0 Å². The van der Waals surface area contributed by atoms with Crippen molar-refractivity contribution in [3.05, 3.63) is 60.2 Å². The molecule has 0 amide bonds. The molecule has 0 spiro atoms. The van der Waals surface area contributed by atoms with Gasteiger partial charge in [-0.15, -0.1) is 0 Å². The number of fused-ring (bicyclic) bond motifs is 3. The van der Waals surface area contributed by atoms with Gasteiger partial charge >= 0.3 is 0 Å². The van der Waals surface area contributed by atoms with E-state index in [2.05, 4.69) is 36.4 Å². The zero-order valence-corrected chi connectivity index (χ0v) is 12.5. The van der Waals surface area contributed by atoms with Gasteiger partial charge in [0.25, 0.3) is 0 Å². The Hall–Kier alpha value is -1.90. The molecule has 108 valence electrons. The van der Waals surface area contributed by atoms with Crippen LogP contribution in [0.5, 0.6) is 0 Å². The van der Waals surface area contributed by atoms with Gasteiger partial charge in [-0.05, 0) is 39.1 Å². The molecule has 3 aromatic carbocycles. The van der Waals surface area contributed by atoms with E-state index in [1.807, 2.05) is 32.0 Å². The fourth-order valence-corrected chi connectivity index (χ4v) is 2.96. The highest BCUT2D eigenvalue weighted by Crippen LogP contribution is 2.33. The van der Waals surface area contributed by atoms with E-state index in [-0.39, 0.29) is 12.0 Å². The summed E-state index contributed by atoms with van der Waals surface area (Å²) in [6.07, 6.45) is -0.547. The molecule has 0 aromatic heterocycles. The molecule has 21 heavy (non-hydrogen) atoms. The number of rotatable bonds is 3. The monoisotopic (exact) mass is 279 g/mol. The Kier molecular flexibility index (Phi) is 3.66. The van der Waals surface area contributed by atoms with Gasteiger partial charge in [-0.25, -0.2) is 0 Å². The quantitative estimate of drug-likeness (QED) is 0.712. The highest BCUT2D eigenvalue weighted by Gasteiger charge is 2.22. The predicted molar refractivity (Wildman–Crippen MR) is 89.2 cm³/mol. The molecule has 2 heteroatoms. The lowest BCUT2D eigenvalue weighted by atomic mass is 9.88.